The van der Waals surface area contributed by atoms with Gasteiger partial charge in [0.1, 0.15) is 10.8 Å². The van der Waals surface area contributed by atoms with Gasteiger partial charge in [-0.15, -0.1) is 11.3 Å². The van der Waals surface area contributed by atoms with E-state index in [9.17, 15) is 9.59 Å². The van der Waals surface area contributed by atoms with E-state index >= 15 is 0 Å². The number of ether oxygens (including phenoxy) is 1. The number of anilines is 1. The van der Waals surface area contributed by atoms with Gasteiger partial charge in [0.15, 0.2) is 6.61 Å². The van der Waals surface area contributed by atoms with Gasteiger partial charge in [-0.3, -0.25) is 9.59 Å². The molecule has 3 N–H and O–H groups in total. The van der Waals surface area contributed by atoms with Gasteiger partial charge < -0.3 is 20.6 Å². The Labute approximate surface area is 154 Å². The van der Waals surface area contributed by atoms with Gasteiger partial charge >= 0.3 is 0 Å². The Morgan fingerprint density at radius 3 is 2.92 bits per heavy atom. The van der Waals surface area contributed by atoms with Crippen LogP contribution in [-0.2, 0) is 22.5 Å². The molecule has 7 nitrogen and oxygen atoms in total. The summed E-state index contributed by atoms with van der Waals surface area (Å²) in [6.07, 6.45) is 4.21. The van der Waals surface area contributed by atoms with Crippen molar-refractivity contribution in [1.29, 1.82) is 0 Å². The van der Waals surface area contributed by atoms with E-state index < -0.39 is 11.8 Å². The lowest BCUT2D eigenvalue weighted by atomic mass is 10.1. The molecule has 2 aromatic rings. The molecular formula is C18H19N3O4S. The minimum absolute atomic E-state index is 0.271. The molecule has 26 heavy (non-hydrogen) atoms. The zero-order valence-electron chi connectivity index (χ0n) is 14.3. The molecule has 1 aliphatic carbocycles. The molecule has 0 saturated heterocycles. The smallest absolute Gasteiger partial charge is 0.265 e. The quantitative estimate of drug-likeness (QED) is 0.574. The number of nitrogens with two attached hydrogens (primary N) is 1. The number of oxime groups is 1. The number of para-hydroxylation sites is 1. The number of hydrogen-bond acceptors (Lipinski definition) is 6. The van der Waals surface area contributed by atoms with Gasteiger partial charge in [-0.1, -0.05) is 17.3 Å². The predicted molar refractivity (Wildman–Crippen MR) is 100 cm³/mol. The van der Waals surface area contributed by atoms with Gasteiger partial charge in [-0.25, -0.2) is 0 Å². The summed E-state index contributed by atoms with van der Waals surface area (Å²) in [4.78, 5) is 29.9. The fourth-order valence-electron chi connectivity index (χ4n) is 2.88. The second-order valence-electron chi connectivity index (χ2n) is 5.72. The van der Waals surface area contributed by atoms with Crippen LogP contribution >= 0.6 is 11.3 Å². The lowest BCUT2D eigenvalue weighted by Gasteiger charge is -2.05. The van der Waals surface area contributed by atoms with Gasteiger partial charge in [0.05, 0.1) is 18.9 Å². The van der Waals surface area contributed by atoms with Crippen molar-refractivity contribution < 1.29 is 19.2 Å². The second kappa shape index (κ2) is 8.01. The molecule has 1 aromatic heterocycles. The van der Waals surface area contributed by atoms with E-state index in [-0.39, 0.29) is 6.61 Å². The van der Waals surface area contributed by atoms with E-state index in [0.717, 1.165) is 35.3 Å². The Balaban J connectivity index is 1.58. The van der Waals surface area contributed by atoms with Gasteiger partial charge in [0.25, 0.3) is 11.8 Å². The van der Waals surface area contributed by atoms with Crippen molar-refractivity contribution in [3.63, 3.8) is 0 Å². The number of rotatable bonds is 7. The summed E-state index contributed by atoms with van der Waals surface area (Å²) in [6, 6.07) is 7.31. The third-order valence-corrected chi connectivity index (χ3v) is 5.23. The van der Waals surface area contributed by atoms with Crippen molar-refractivity contribution in [1.82, 2.24) is 0 Å². The Bertz CT molecular complexity index is 860. The van der Waals surface area contributed by atoms with E-state index in [0.29, 0.717) is 16.3 Å². The number of thiophene rings is 1. The molecule has 3 rings (SSSR count). The van der Waals surface area contributed by atoms with Crippen molar-refractivity contribution in [3.05, 3.63) is 45.8 Å². The molecule has 1 heterocycles. The number of carbonyl (C=O) groups excluding carboxylic acids is 2. The molecule has 0 bridgehead atoms. The van der Waals surface area contributed by atoms with Crippen LogP contribution in [0.1, 0.15) is 32.8 Å². The highest BCUT2D eigenvalue weighted by Gasteiger charge is 2.26. The molecule has 136 valence electrons. The molecule has 0 spiro atoms. The van der Waals surface area contributed by atoms with Crippen LogP contribution in [0.3, 0.4) is 0 Å². The maximum atomic E-state index is 12.1. The molecule has 0 fully saturated rings. The number of amides is 2. The number of carbonyl (C=O) groups is 2. The highest BCUT2D eigenvalue weighted by molar-refractivity contribution is 7.17. The molecule has 0 radical (unpaired) electrons. The van der Waals surface area contributed by atoms with Crippen molar-refractivity contribution in [2.24, 2.45) is 10.9 Å². The summed E-state index contributed by atoms with van der Waals surface area (Å²) >= 11 is 1.40. The first kappa shape index (κ1) is 17.9. The van der Waals surface area contributed by atoms with Crippen LogP contribution in [0.4, 0.5) is 5.00 Å². The third-order valence-electron chi connectivity index (χ3n) is 4.02. The minimum atomic E-state index is -0.519. The first-order valence-corrected chi connectivity index (χ1v) is 8.94. The summed E-state index contributed by atoms with van der Waals surface area (Å²) in [5, 5.41) is 6.97. The molecular weight excluding hydrogens is 354 g/mol. The number of aryl methyl sites for hydroxylation is 1. The predicted octanol–water partition coefficient (Wildman–Crippen LogP) is 2.33. The summed E-state index contributed by atoms with van der Waals surface area (Å²) in [5.41, 5.74) is 7.60. The maximum absolute atomic E-state index is 12.1. The zero-order valence-corrected chi connectivity index (χ0v) is 15.1. The second-order valence-corrected chi connectivity index (χ2v) is 6.83. The van der Waals surface area contributed by atoms with Crippen molar-refractivity contribution >= 4 is 34.4 Å². The monoisotopic (exact) mass is 373 g/mol. The van der Waals surface area contributed by atoms with Crippen LogP contribution in [0.25, 0.3) is 0 Å². The number of hydrogen-bond donors (Lipinski definition) is 2. The Morgan fingerprint density at radius 2 is 2.15 bits per heavy atom. The average Bonchev–Trinajstić information content (AvgIpc) is 3.19. The van der Waals surface area contributed by atoms with Crippen molar-refractivity contribution in [3.8, 4) is 5.75 Å². The molecule has 1 aromatic carbocycles. The Hall–Kier alpha value is -2.87. The number of nitrogens with one attached hydrogen (secondary N) is 1. The Morgan fingerprint density at radius 1 is 1.35 bits per heavy atom. The third kappa shape index (κ3) is 3.85. The van der Waals surface area contributed by atoms with Crippen molar-refractivity contribution in [2.75, 3.05) is 19.0 Å². The maximum Gasteiger partial charge on any atom is 0.265 e. The normalized spacial score (nSPS) is 12.8. The number of benzene rings is 1. The number of nitrogens with zero attached hydrogens (tertiary/aromatic N) is 1. The fraction of sp³-hybridized carbons (Fsp3) is 0.278. The topological polar surface area (TPSA) is 103 Å². The van der Waals surface area contributed by atoms with E-state index in [1.807, 2.05) is 18.2 Å². The standard InChI is InChI=1S/C18H19N3O4S/c1-24-13-7-3-2-5-11(13)9-20-25-10-15(22)21-18-16(17(19)23)12-6-4-8-14(12)26-18/h2-3,5,7,9H,4,6,8,10H2,1H3,(H2,19,23)(H,21,22)/b20-9+. The van der Waals surface area contributed by atoms with E-state index in [4.69, 9.17) is 15.3 Å². The first-order valence-electron chi connectivity index (χ1n) is 8.12. The van der Waals surface area contributed by atoms with Crippen LogP contribution < -0.4 is 15.8 Å². The lowest BCUT2D eigenvalue weighted by Crippen LogP contribution is -2.20. The Kier molecular flexibility index (Phi) is 5.52. The average molecular weight is 373 g/mol. The first-order chi connectivity index (χ1) is 12.6. The van der Waals surface area contributed by atoms with Crippen LogP contribution in [0.15, 0.2) is 29.4 Å². The molecule has 0 atom stereocenters. The summed E-state index contributed by atoms with van der Waals surface area (Å²) in [7, 11) is 1.57. The van der Waals surface area contributed by atoms with Crippen LogP contribution in [0.2, 0.25) is 0 Å². The van der Waals surface area contributed by atoms with E-state index in [1.165, 1.54) is 17.6 Å². The van der Waals surface area contributed by atoms with E-state index in [2.05, 4.69) is 10.5 Å². The molecule has 0 saturated carbocycles. The minimum Gasteiger partial charge on any atom is -0.496 e. The summed E-state index contributed by atoms with van der Waals surface area (Å²) in [6.45, 7) is -0.271. The molecule has 0 unspecified atom stereocenters. The van der Waals surface area contributed by atoms with Gasteiger partial charge in [-0.05, 0) is 37.0 Å². The molecule has 1 aliphatic rings. The zero-order chi connectivity index (χ0) is 18.5. The van der Waals surface area contributed by atoms with Crippen LogP contribution in [0.5, 0.6) is 5.75 Å². The largest absolute Gasteiger partial charge is 0.496 e. The van der Waals surface area contributed by atoms with Crippen LogP contribution in [0, 0.1) is 0 Å². The van der Waals surface area contributed by atoms with Gasteiger partial charge in [0.2, 0.25) is 0 Å². The van der Waals surface area contributed by atoms with Gasteiger partial charge in [-0.2, -0.15) is 0 Å². The lowest BCUT2D eigenvalue weighted by molar-refractivity contribution is -0.120. The molecule has 2 amide bonds. The number of fused-ring (bicyclic) bond motifs is 1. The highest BCUT2D eigenvalue weighted by atomic mass is 32.1. The number of methoxy groups -OCH3 is 1. The van der Waals surface area contributed by atoms with Crippen molar-refractivity contribution in [2.45, 2.75) is 19.3 Å². The van der Waals surface area contributed by atoms with E-state index in [1.54, 1.807) is 13.2 Å². The molecule has 8 heteroatoms. The number of primary amides is 1. The highest BCUT2D eigenvalue weighted by Crippen LogP contribution is 2.38. The molecule has 0 aliphatic heterocycles. The summed E-state index contributed by atoms with van der Waals surface area (Å²) in [5.74, 6) is -0.261. The summed E-state index contributed by atoms with van der Waals surface area (Å²) < 4.78 is 5.20. The SMILES string of the molecule is COc1ccccc1/C=N/OCC(=O)Nc1sc2c(c1C(N)=O)CCC2. The fourth-order valence-corrected chi connectivity index (χ4v) is 4.19. The van der Waals surface area contributed by atoms with Crippen LogP contribution in [-0.4, -0.2) is 31.7 Å². The van der Waals surface area contributed by atoms with Gasteiger partial charge in [0, 0.05) is 10.4 Å².